The average molecular weight is 404 g/mol. The Kier molecular flexibility index (Phi) is 8.14. The largest absolute Gasteiger partial charge is 0.323 e. The zero-order valence-corrected chi connectivity index (χ0v) is 19.1. The lowest BCUT2D eigenvalue weighted by atomic mass is 10.2. The van der Waals surface area contributed by atoms with Crippen molar-refractivity contribution < 1.29 is 9.13 Å². The van der Waals surface area contributed by atoms with Gasteiger partial charge in [-0.25, -0.2) is 0 Å². The van der Waals surface area contributed by atoms with Gasteiger partial charge in [-0.05, 0) is 38.8 Å². The first kappa shape index (κ1) is 22.2. The average Bonchev–Trinajstić information content (AvgIpc) is 2.65. The van der Waals surface area contributed by atoms with E-state index in [-0.39, 0.29) is 0 Å². The highest BCUT2D eigenvalue weighted by Gasteiger charge is 2.36. The summed E-state index contributed by atoms with van der Waals surface area (Å²) in [5.41, 5.74) is 2.19. The molecule has 2 nitrogen and oxygen atoms in total. The third kappa shape index (κ3) is 5.94. The first-order valence-electron chi connectivity index (χ1n) is 10.1. The monoisotopic (exact) mass is 404 g/mol. The van der Waals surface area contributed by atoms with E-state index in [1.807, 2.05) is 62.4 Å². The SMILES string of the molecule is CCCCP(=O)(CCCC)CP(=O)(c1cccc(C)c1)c1cccc(C)c1. The molecule has 0 aliphatic heterocycles. The maximum atomic E-state index is 14.5. The molecule has 0 amide bonds. The predicted octanol–water partition coefficient (Wildman–Crippen LogP) is 6.54. The fourth-order valence-corrected chi connectivity index (χ4v) is 12.7. The van der Waals surface area contributed by atoms with Gasteiger partial charge in [0.1, 0.15) is 7.14 Å². The molecule has 0 saturated carbocycles. The maximum absolute atomic E-state index is 14.5. The van der Waals surface area contributed by atoms with E-state index in [9.17, 15) is 9.13 Å². The van der Waals surface area contributed by atoms with Crippen molar-refractivity contribution in [2.45, 2.75) is 53.4 Å². The topological polar surface area (TPSA) is 34.1 Å². The Morgan fingerprint density at radius 1 is 0.741 bits per heavy atom. The summed E-state index contributed by atoms with van der Waals surface area (Å²) < 4.78 is 28.4. The third-order valence-electron chi connectivity index (χ3n) is 5.13. The molecule has 148 valence electrons. The van der Waals surface area contributed by atoms with Gasteiger partial charge in [0, 0.05) is 22.9 Å². The van der Waals surface area contributed by atoms with Gasteiger partial charge in [0.25, 0.3) is 0 Å². The second kappa shape index (κ2) is 9.90. The highest BCUT2D eigenvalue weighted by molar-refractivity contribution is 7.88. The molecule has 0 aromatic heterocycles. The van der Waals surface area contributed by atoms with E-state index in [1.54, 1.807) is 0 Å². The lowest BCUT2D eigenvalue weighted by Crippen LogP contribution is -2.20. The molecule has 0 fully saturated rings. The molecule has 2 rings (SSSR count). The van der Waals surface area contributed by atoms with E-state index in [2.05, 4.69) is 13.8 Å². The van der Waals surface area contributed by atoms with Crippen LogP contribution >= 0.6 is 14.3 Å². The summed E-state index contributed by atoms with van der Waals surface area (Å²) in [6, 6.07) is 15.9. The summed E-state index contributed by atoms with van der Waals surface area (Å²) in [5.74, 6) is 0.326. The van der Waals surface area contributed by atoms with E-state index in [0.29, 0.717) is 18.2 Å². The molecular weight excluding hydrogens is 370 g/mol. The highest BCUT2D eigenvalue weighted by Crippen LogP contribution is 2.61. The molecule has 0 N–H and O–H groups in total. The van der Waals surface area contributed by atoms with Crippen LogP contribution in [-0.4, -0.2) is 18.2 Å². The molecule has 2 aromatic rings. The number of hydrogen-bond donors (Lipinski definition) is 0. The Morgan fingerprint density at radius 3 is 1.56 bits per heavy atom. The number of unbranched alkanes of at least 4 members (excludes halogenated alkanes) is 2. The molecule has 0 atom stereocenters. The fraction of sp³-hybridized carbons (Fsp3) is 0.478. The lowest BCUT2D eigenvalue weighted by molar-refractivity contribution is 0.569. The van der Waals surface area contributed by atoms with Crippen molar-refractivity contribution in [3.8, 4) is 0 Å². The van der Waals surface area contributed by atoms with Crippen LogP contribution in [0.1, 0.15) is 50.7 Å². The minimum Gasteiger partial charge on any atom is -0.323 e. The second-order valence-corrected chi connectivity index (χ2v) is 14.4. The molecule has 27 heavy (non-hydrogen) atoms. The van der Waals surface area contributed by atoms with Crippen molar-refractivity contribution in [1.29, 1.82) is 0 Å². The van der Waals surface area contributed by atoms with Gasteiger partial charge >= 0.3 is 0 Å². The molecule has 0 spiro atoms. The fourth-order valence-electron chi connectivity index (χ4n) is 3.53. The molecular formula is C23H34O2P2. The van der Waals surface area contributed by atoms with Crippen molar-refractivity contribution >= 4 is 24.9 Å². The zero-order valence-electron chi connectivity index (χ0n) is 17.3. The Bertz CT molecular complexity index is 780. The van der Waals surface area contributed by atoms with Crippen LogP contribution in [0.2, 0.25) is 0 Å². The van der Waals surface area contributed by atoms with Gasteiger partial charge in [-0.1, -0.05) is 74.2 Å². The number of rotatable bonds is 10. The van der Waals surface area contributed by atoms with Crippen LogP contribution in [0.4, 0.5) is 0 Å². The van der Waals surface area contributed by atoms with Crippen molar-refractivity contribution in [2.24, 2.45) is 0 Å². The van der Waals surface area contributed by atoms with Crippen LogP contribution in [0.15, 0.2) is 48.5 Å². The lowest BCUT2D eigenvalue weighted by Gasteiger charge is -2.26. The van der Waals surface area contributed by atoms with Gasteiger partial charge in [-0.2, -0.15) is 0 Å². The van der Waals surface area contributed by atoms with Gasteiger partial charge in [0.2, 0.25) is 0 Å². The molecule has 0 radical (unpaired) electrons. The molecule has 4 heteroatoms. The zero-order chi connectivity index (χ0) is 19.9. The van der Waals surface area contributed by atoms with Crippen molar-refractivity contribution in [3.63, 3.8) is 0 Å². The van der Waals surface area contributed by atoms with Crippen LogP contribution in [0.3, 0.4) is 0 Å². The van der Waals surface area contributed by atoms with Crippen LogP contribution in [0.5, 0.6) is 0 Å². The van der Waals surface area contributed by atoms with Crippen molar-refractivity contribution in [3.05, 3.63) is 59.7 Å². The molecule has 0 unspecified atom stereocenters. The van der Waals surface area contributed by atoms with E-state index in [1.165, 1.54) is 0 Å². The van der Waals surface area contributed by atoms with Gasteiger partial charge in [-0.15, -0.1) is 0 Å². The summed E-state index contributed by atoms with van der Waals surface area (Å²) in [6.45, 7) is 8.31. The Hall–Kier alpha value is -1.10. The first-order chi connectivity index (χ1) is 12.8. The van der Waals surface area contributed by atoms with Crippen LogP contribution < -0.4 is 10.6 Å². The Morgan fingerprint density at radius 2 is 1.19 bits per heavy atom. The standard InChI is InChI=1S/C23H34O2P2/c1-5-7-15-26(24,16-8-6-2)19-27(25,22-13-9-11-20(3)17-22)23-14-10-12-21(4)18-23/h9-14,17-18H,5-8,15-16,19H2,1-4H3. The van der Waals surface area contributed by atoms with E-state index >= 15 is 0 Å². The summed E-state index contributed by atoms with van der Waals surface area (Å²) in [4.78, 5) is 0. The molecule has 0 aliphatic carbocycles. The number of aryl methyl sites for hydroxylation is 2. The molecule has 2 aromatic carbocycles. The van der Waals surface area contributed by atoms with Gasteiger partial charge in [-0.3, -0.25) is 0 Å². The van der Waals surface area contributed by atoms with Gasteiger partial charge < -0.3 is 9.13 Å². The normalized spacial score (nSPS) is 12.3. The quantitative estimate of drug-likeness (QED) is 0.422. The first-order valence-corrected chi connectivity index (χ1v) is 14.3. The maximum Gasteiger partial charge on any atom is 0.150 e. The van der Waals surface area contributed by atoms with Crippen LogP contribution in [0, 0.1) is 13.8 Å². The smallest absolute Gasteiger partial charge is 0.150 e. The molecule has 0 aliphatic rings. The Balaban J connectivity index is 2.54. The number of hydrogen-bond acceptors (Lipinski definition) is 2. The molecule has 0 heterocycles. The molecule has 0 saturated heterocycles. The van der Waals surface area contributed by atoms with Crippen molar-refractivity contribution in [2.75, 3.05) is 18.2 Å². The van der Waals surface area contributed by atoms with E-state index < -0.39 is 14.3 Å². The Labute approximate surface area is 165 Å². The summed E-state index contributed by atoms with van der Waals surface area (Å²) in [7, 11) is -5.44. The van der Waals surface area contributed by atoms with Gasteiger partial charge in [0.05, 0.1) is 13.0 Å². The van der Waals surface area contributed by atoms with Crippen LogP contribution in [0.25, 0.3) is 0 Å². The minimum absolute atomic E-state index is 0.326. The van der Waals surface area contributed by atoms with Gasteiger partial charge in [0.15, 0.2) is 0 Å². The summed E-state index contributed by atoms with van der Waals surface area (Å²) >= 11 is 0. The van der Waals surface area contributed by atoms with Crippen molar-refractivity contribution in [1.82, 2.24) is 0 Å². The number of benzene rings is 2. The second-order valence-electron chi connectivity index (χ2n) is 7.77. The van der Waals surface area contributed by atoms with Crippen LogP contribution in [-0.2, 0) is 9.13 Å². The molecule has 0 bridgehead atoms. The summed E-state index contributed by atoms with van der Waals surface area (Å²) in [6.07, 6.45) is 5.37. The van der Waals surface area contributed by atoms with E-state index in [0.717, 1.165) is 47.4 Å². The predicted molar refractivity (Wildman–Crippen MR) is 121 cm³/mol. The van der Waals surface area contributed by atoms with E-state index in [4.69, 9.17) is 0 Å². The third-order valence-corrected chi connectivity index (χ3v) is 13.3. The summed E-state index contributed by atoms with van der Waals surface area (Å²) in [5, 5.41) is 1.70. The minimum atomic E-state index is -2.94. The highest BCUT2D eigenvalue weighted by atomic mass is 31.2.